The zero-order valence-corrected chi connectivity index (χ0v) is 13.1. The molecule has 2 amide bonds. The second kappa shape index (κ2) is 5.68. The summed E-state index contributed by atoms with van der Waals surface area (Å²) in [5, 5.41) is 14.7. The molecule has 0 aliphatic heterocycles. The van der Waals surface area contributed by atoms with E-state index in [0.717, 1.165) is 31.4 Å². The van der Waals surface area contributed by atoms with Crippen LogP contribution in [0.4, 0.5) is 4.79 Å². The van der Waals surface area contributed by atoms with Gasteiger partial charge in [-0.2, -0.15) is 0 Å². The topological polar surface area (TPSA) is 89.1 Å². The zero-order chi connectivity index (χ0) is 15.8. The van der Waals surface area contributed by atoms with Crippen molar-refractivity contribution in [3.05, 3.63) is 30.0 Å². The van der Waals surface area contributed by atoms with Crippen LogP contribution < -0.4 is 5.32 Å². The number of hydrogen-bond donors (Lipinski definition) is 1. The summed E-state index contributed by atoms with van der Waals surface area (Å²) in [7, 11) is 0. The average molecular weight is 316 g/mol. The van der Waals surface area contributed by atoms with Gasteiger partial charge in [-0.1, -0.05) is 0 Å². The Kier molecular flexibility index (Phi) is 3.51. The summed E-state index contributed by atoms with van der Waals surface area (Å²) in [6.07, 6.45) is 5.93. The van der Waals surface area contributed by atoms with Gasteiger partial charge >= 0.3 is 6.03 Å². The van der Waals surface area contributed by atoms with Gasteiger partial charge in [0.25, 0.3) is 0 Å². The quantitative estimate of drug-likeness (QED) is 0.881. The van der Waals surface area contributed by atoms with Gasteiger partial charge in [0.05, 0.1) is 24.9 Å². The second-order valence-corrected chi connectivity index (χ2v) is 6.26. The molecule has 2 aromatic heterocycles. The van der Waals surface area contributed by atoms with E-state index >= 15 is 0 Å². The Morgan fingerprint density at radius 2 is 2.30 bits per heavy atom. The molecule has 0 unspecified atom stereocenters. The number of tetrazole rings is 1. The first-order chi connectivity index (χ1) is 11.2. The van der Waals surface area contributed by atoms with E-state index in [-0.39, 0.29) is 18.1 Å². The van der Waals surface area contributed by atoms with Gasteiger partial charge in [0.15, 0.2) is 5.82 Å². The van der Waals surface area contributed by atoms with Gasteiger partial charge in [-0.25, -0.2) is 9.48 Å². The summed E-state index contributed by atoms with van der Waals surface area (Å²) in [5.41, 5.74) is 0. The molecule has 4 rings (SSSR count). The number of amides is 2. The maximum atomic E-state index is 12.6. The molecule has 23 heavy (non-hydrogen) atoms. The number of nitrogens with zero attached hydrogens (tertiary/aromatic N) is 5. The molecule has 8 heteroatoms. The van der Waals surface area contributed by atoms with Gasteiger partial charge in [-0.15, -0.1) is 5.10 Å². The smallest absolute Gasteiger partial charge is 0.318 e. The van der Waals surface area contributed by atoms with E-state index < -0.39 is 0 Å². The minimum absolute atomic E-state index is 0.0862. The Balaban J connectivity index is 1.42. The molecule has 1 atom stereocenters. The monoisotopic (exact) mass is 316 g/mol. The summed E-state index contributed by atoms with van der Waals surface area (Å²) < 4.78 is 7.27. The minimum atomic E-state index is -0.0956. The first kappa shape index (κ1) is 14.2. The van der Waals surface area contributed by atoms with Gasteiger partial charge in [0.2, 0.25) is 0 Å². The van der Waals surface area contributed by atoms with Crippen molar-refractivity contribution in [3.8, 4) is 0 Å². The van der Waals surface area contributed by atoms with Crippen molar-refractivity contribution in [1.29, 1.82) is 0 Å². The number of aromatic nitrogens is 4. The van der Waals surface area contributed by atoms with E-state index in [9.17, 15) is 4.79 Å². The van der Waals surface area contributed by atoms with Gasteiger partial charge in [0.1, 0.15) is 5.76 Å². The van der Waals surface area contributed by atoms with Crippen LogP contribution in [0.5, 0.6) is 0 Å². The number of nitrogens with one attached hydrogen (secondary N) is 1. The van der Waals surface area contributed by atoms with Crippen molar-refractivity contribution in [1.82, 2.24) is 30.4 Å². The molecule has 1 N–H and O–H groups in total. The van der Waals surface area contributed by atoms with Crippen LogP contribution in [-0.2, 0) is 6.54 Å². The van der Waals surface area contributed by atoms with E-state index in [0.29, 0.717) is 18.4 Å². The van der Waals surface area contributed by atoms with Crippen LogP contribution in [0, 0.1) is 0 Å². The molecule has 2 fully saturated rings. The Labute approximate surface area is 133 Å². The van der Waals surface area contributed by atoms with E-state index in [1.165, 1.54) is 0 Å². The number of carbonyl (C=O) groups excluding carboxylic acids is 1. The fraction of sp³-hybridized carbons (Fsp3) is 0.600. The molecule has 0 aromatic carbocycles. The van der Waals surface area contributed by atoms with Crippen molar-refractivity contribution in [2.75, 3.05) is 0 Å². The molecule has 2 aromatic rings. The Morgan fingerprint density at radius 3 is 2.96 bits per heavy atom. The molecule has 8 nitrogen and oxygen atoms in total. The zero-order valence-electron chi connectivity index (χ0n) is 13.1. The van der Waals surface area contributed by atoms with Crippen LogP contribution in [0.1, 0.15) is 56.3 Å². The lowest BCUT2D eigenvalue weighted by molar-refractivity contribution is 0.165. The maximum absolute atomic E-state index is 12.6. The highest BCUT2D eigenvalue weighted by Crippen LogP contribution is 2.35. The molecule has 0 radical (unpaired) electrons. The summed E-state index contributed by atoms with van der Waals surface area (Å²) in [5.74, 6) is 1.51. The summed E-state index contributed by atoms with van der Waals surface area (Å²) in [6.45, 7) is 2.33. The van der Waals surface area contributed by atoms with Gasteiger partial charge in [0, 0.05) is 6.04 Å². The molecular formula is C15H20N6O2. The standard InChI is InChI=1S/C15H20N6O2/c1-10(13-3-2-8-23-13)20(11-4-5-11)15(22)16-9-14-17-18-19-21(14)12-6-7-12/h2-3,8,10-12H,4-7,9H2,1H3,(H,16,22)/t10-/m0/s1. The highest BCUT2D eigenvalue weighted by Gasteiger charge is 2.37. The largest absolute Gasteiger partial charge is 0.467 e. The number of hydrogen-bond acceptors (Lipinski definition) is 5. The fourth-order valence-corrected chi connectivity index (χ4v) is 2.85. The van der Waals surface area contributed by atoms with Crippen LogP contribution in [0.25, 0.3) is 0 Å². The highest BCUT2D eigenvalue weighted by atomic mass is 16.3. The van der Waals surface area contributed by atoms with Crippen LogP contribution in [0.15, 0.2) is 22.8 Å². The van der Waals surface area contributed by atoms with Gasteiger partial charge in [-0.3, -0.25) is 0 Å². The third kappa shape index (κ3) is 2.93. The third-order valence-electron chi connectivity index (χ3n) is 4.40. The molecular weight excluding hydrogens is 296 g/mol. The van der Waals surface area contributed by atoms with E-state index in [1.54, 1.807) is 6.26 Å². The summed E-state index contributed by atoms with van der Waals surface area (Å²) >= 11 is 0. The van der Waals surface area contributed by atoms with Crippen LogP contribution in [0.2, 0.25) is 0 Å². The fourth-order valence-electron chi connectivity index (χ4n) is 2.85. The van der Waals surface area contributed by atoms with Gasteiger partial charge in [-0.05, 0) is 55.2 Å². The Bertz CT molecular complexity index is 674. The molecule has 2 aliphatic rings. The predicted octanol–water partition coefficient (Wildman–Crippen LogP) is 2.04. The van der Waals surface area contributed by atoms with Crippen molar-refractivity contribution >= 4 is 6.03 Å². The van der Waals surface area contributed by atoms with Crippen LogP contribution in [-0.4, -0.2) is 37.2 Å². The minimum Gasteiger partial charge on any atom is -0.467 e. The average Bonchev–Trinajstić information content (AvgIpc) is 3.46. The molecule has 2 heterocycles. The molecule has 0 saturated heterocycles. The lowest BCUT2D eigenvalue weighted by Crippen LogP contribution is -2.42. The van der Waals surface area contributed by atoms with Crippen LogP contribution >= 0.6 is 0 Å². The molecule has 0 bridgehead atoms. The highest BCUT2D eigenvalue weighted by molar-refractivity contribution is 5.75. The number of urea groups is 1. The maximum Gasteiger partial charge on any atom is 0.318 e. The lowest BCUT2D eigenvalue weighted by Gasteiger charge is -2.28. The second-order valence-electron chi connectivity index (χ2n) is 6.26. The number of furan rings is 1. The molecule has 2 saturated carbocycles. The van der Waals surface area contributed by atoms with Crippen molar-refractivity contribution in [2.45, 2.75) is 57.3 Å². The Hall–Kier alpha value is -2.38. The van der Waals surface area contributed by atoms with E-state index in [2.05, 4.69) is 20.8 Å². The van der Waals surface area contributed by atoms with Gasteiger partial charge < -0.3 is 14.6 Å². The van der Waals surface area contributed by atoms with Crippen LogP contribution in [0.3, 0.4) is 0 Å². The first-order valence-electron chi connectivity index (χ1n) is 8.10. The van der Waals surface area contributed by atoms with E-state index in [1.807, 2.05) is 28.6 Å². The summed E-state index contributed by atoms with van der Waals surface area (Å²) in [6, 6.07) is 4.26. The molecule has 122 valence electrons. The van der Waals surface area contributed by atoms with E-state index in [4.69, 9.17) is 4.42 Å². The normalized spacial score (nSPS) is 18.7. The predicted molar refractivity (Wildman–Crippen MR) is 80.3 cm³/mol. The summed E-state index contributed by atoms with van der Waals surface area (Å²) in [4.78, 5) is 14.5. The van der Waals surface area contributed by atoms with Crippen molar-refractivity contribution in [3.63, 3.8) is 0 Å². The molecule has 0 spiro atoms. The lowest BCUT2D eigenvalue weighted by atomic mass is 10.2. The van der Waals surface area contributed by atoms with Crippen molar-refractivity contribution < 1.29 is 9.21 Å². The number of rotatable bonds is 6. The SMILES string of the molecule is C[C@@H](c1ccco1)N(C(=O)NCc1nnnn1C1CC1)C1CC1. The number of carbonyl (C=O) groups is 1. The third-order valence-corrected chi connectivity index (χ3v) is 4.40. The molecule has 2 aliphatic carbocycles. The Morgan fingerprint density at radius 1 is 1.48 bits per heavy atom. The van der Waals surface area contributed by atoms with Crippen molar-refractivity contribution in [2.24, 2.45) is 0 Å². The first-order valence-corrected chi connectivity index (χ1v) is 8.10.